The molecule has 1 aliphatic rings. The summed E-state index contributed by atoms with van der Waals surface area (Å²) in [5.74, 6) is -0.961. The molecule has 1 atom stereocenters. The van der Waals surface area contributed by atoms with E-state index >= 15 is 0 Å². The molecule has 1 unspecified atom stereocenters. The first-order chi connectivity index (χ1) is 9.36. The van der Waals surface area contributed by atoms with Crippen molar-refractivity contribution in [2.24, 2.45) is 0 Å². The molecule has 0 spiro atoms. The molecule has 0 saturated carbocycles. The quantitative estimate of drug-likeness (QED) is 0.874. The van der Waals surface area contributed by atoms with E-state index in [4.69, 9.17) is 9.84 Å². The van der Waals surface area contributed by atoms with E-state index in [9.17, 15) is 13.2 Å². The Bertz CT molecular complexity index is 581. The second-order valence-corrected chi connectivity index (χ2v) is 6.83. The lowest BCUT2D eigenvalue weighted by Crippen LogP contribution is -2.29. The smallest absolute Gasteiger partial charge is 0.335 e. The predicted octanol–water partition coefficient (Wildman–Crippen LogP) is 0.935. The van der Waals surface area contributed by atoms with E-state index in [0.717, 1.165) is 5.56 Å². The average Bonchev–Trinajstić information content (AvgIpc) is 2.85. The third kappa shape index (κ3) is 3.78. The van der Waals surface area contributed by atoms with Crippen LogP contribution < -0.4 is 0 Å². The van der Waals surface area contributed by atoms with Gasteiger partial charge in [0.1, 0.15) is 0 Å². The number of rotatable bonds is 5. The Morgan fingerprint density at radius 3 is 2.55 bits per heavy atom. The standard InChI is InChI=1S/C13H17NO5S/c1-20(17,18)14-7-6-12(8-14)19-9-10-2-4-11(5-3-10)13(15)16/h2-5,12H,6-9H2,1H3,(H,15,16). The van der Waals surface area contributed by atoms with Crippen molar-refractivity contribution in [2.75, 3.05) is 19.3 Å². The first-order valence-electron chi connectivity index (χ1n) is 6.25. The number of hydrogen-bond acceptors (Lipinski definition) is 4. The number of carboxylic acid groups (broad SMARTS) is 1. The fraction of sp³-hybridized carbons (Fsp3) is 0.462. The van der Waals surface area contributed by atoms with Crippen molar-refractivity contribution in [2.45, 2.75) is 19.1 Å². The molecule has 1 N–H and O–H groups in total. The van der Waals surface area contributed by atoms with Crippen LogP contribution in [0.15, 0.2) is 24.3 Å². The van der Waals surface area contributed by atoms with Crippen molar-refractivity contribution < 1.29 is 23.1 Å². The summed E-state index contributed by atoms with van der Waals surface area (Å²) in [5.41, 5.74) is 1.10. The van der Waals surface area contributed by atoms with Crippen molar-refractivity contribution in [3.8, 4) is 0 Å². The molecule has 110 valence electrons. The second-order valence-electron chi connectivity index (χ2n) is 4.84. The molecule has 0 radical (unpaired) electrons. The average molecular weight is 299 g/mol. The minimum absolute atomic E-state index is 0.108. The summed E-state index contributed by atoms with van der Waals surface area (Å²) in [4.78, 5) is 10.7. The van der Waals surface area contributed by atoms with Crippen LogP contribution in [0.3, 0.4) is 0 Å². The van der Waals surface area contributed by atoms with Crippen LogP contribution in [0.1, 0.15) is 22.3 Å². The van der Waals surface area contributed by atoms with Crippen LogP contribution in [0.25, 0.3) is 0 Å². The Morgan fingerprint density at radius 2 is 2.05 bits per heavy atom. The molecule has 0 bridgehead atoms. The van der Waals surface area contributed by atoms with E-state index in [0.29, 0.717) is 26.1 Å². The van der Waals surface area contributed by atoms with Gasteiger partial charge in [0.25, 0.3) is 0 Å². The number of hydrogen-bond donors (Lipinski definition) is 1. The van der Waals surface area contributed by atoms with Gasteiger partial charge in [-0.05, 0) is 24.1 Å². The van der Waals surface area contributed by atoms with Gasteiger partial charge in [0.05, 0.1) is 24.5 Å². The number of aromatic carboxylic acids is 1. The zero-order chi connectivity index (χ0) is 14.8. The first kappa shape index (κ1) is 15.0. The molecule has 7 heteroatoms. The van der Waals surface area contributed by atoms with Crippen molar-refractivity contribution in [3.63, 3.8) is 0 Å². The SMILES string of the molecule is CS(=O)(=O)N1CCC(OCc2ccc(C(=O)O)cc2)C1. The number of carboxylic acids is 1. The van der Waals surface area contributed by atoms with Gasteiger partial charge in [-0.15, -0.1) is 0 Å². The van der Waals surface area contributed by atoms with Gasteiger partial charge in [-0.2, -0.15) is 4.31 Å². The largest absolute Gasteiger partial charge is 0.478 e. The van der Waals surface area contributed by atoms with E-state index in [1.165, 1.54) is 22.7 Å². The molecule has 2 rings (SSSR count). The van der Waals surface area contributed by atoms with Gasteiger partial charge < -0.3 is 9.84 Å². The number of sulfonamides is 1. The van der Waals surface area contributed by atoms with Crippen molar-refractivity contribution >= 4 is 16.0 Å². The first-order valence-corrected chi connectivity index (χ1v) is 8.10. The molecule has 1 aromatic rings. The fourth-order valence-corrected chi connectivity index (χ4v) is 2.97. The van der Waals surface area contributed by atoms with Gasteiger partial charge in [-0.3, -0.25) is 0 Å². The highest BCUT2D eigenvalue weighted by Gasteiger charge is 2.28. The normalized spacial score (nSPS) is 20.1. The Balaban J connectivity index is 1.86. The molecule has 0 aliphatic carbocycles. The fourth-order valence-electron chi connectivity index (χ4n) is 2.09. The van der Waals surface area contributed by atoms with Crippen LogP contribution in [-0.4, -0.2) is 49.2 Å². The summed E-state index contributed by atoms with van der Waals surface area (Å²) >= 11 is 0. The molecular formula is C13H17NO5S. The number of ether oxygens (including phenoxy) is 1. The number of carbonyl (C=O) groups is 1. The number of benzene rings is 1. The zero-order valence-corrected chi connectivity index (χ0v) is 12.0. The highest BCUT2D eigenvalue weighted by molar-refractivity contribution is 7.88. The lowest BCUT2D eigenvalue weighted by Gasteiger charge is -2.14. The van der Waals surface area contributed by atoms with Gasteiger partial charge >= 0.3 is 5.97 Å². The summed E-state index contributed by atoms with van der Waals surface area (Å²) < 4.78 is 29.8. The van der Waals surface area contributed by atoms with Crippen LogP contribution >= 0.6 is 0 Å². The van der Waals surface area contributed by atoms with Crippen LogP contribution in [0, 0.1) is 0 Å². The summed E-state index contributed by atoms with van der Waals surface area (Å²) in [5, 5.41) is 8.79. The van der Waals surface area contributed by atoms with Crippen molar-refractivity contribution in [1.82, 2.24) is 4.31 Å². The summed E-state index contributed by atoms with van der Waals surface area (Å²) in [6.45, 7) is 1.22. The van der Waals surface area contributed by atoms with Gasteiger partial charge in [0.15, 0.2) is 0 Å². The third-order valence-electron chi connectivity index (χ3n) is 3.26. The summed E-state index contributed by atoms with van der Waals surface area (Å²) in [6, 6.07) is 6.45. The monoisotopic (exact) mass is 299 g/mol. The van der Waals surface area contributed by atoms with Crippen LogP contribution in [0.4, 0.5) is 0 Å². The van der Waals surface area contributed by atoms with Crippen molar-refractivity contribution in [3.05, 3.63) is 35.4 Å². The predicted molar refractivity (Wildman–Crippen MR) is 73.0 cm³/mol. The number of nitrogens with zero attached hydrogens (tertiary/aromatic N) is 1. The maximum atomic E-state index is 11.4. The minimum Gasteiger partial charge on any atom is -0.478 e. The molecular weight excluding hydrogens is 282 g/mol. The van der Waals surface area contributed by atoms with Crippen molar-refractivity contribution in [1.29, 1.82) is 0 Å². The summed E-state index contributed by atoms with van der Waals surface area (Å²) in [6.07, 6.45) is 1.77. The Morgan fingerprint density at radius 1 is 1.40 bits per heavy atom. The van der Waals surface area contributed by atoms with E-state index < -0.39 is 16.0 Å². The van der Waals surface area contributed by atoms with E-state index in [1.807, 2.05) is 0 Å². The zero-order valence-electron chi connectivity index (χ0n) is 11.2. The molecule has 0 aromatic heterocycles. The Labute approximate surface area is 118 Å². The summed E-state index contributed by atoms with van der Waals surface area (Å²) in [7, 11) is -3.15. The molecule has 1 aromatic carbocycles. The lowest BCUT2D eigenvalue weighted by atomic mass is 10.1. The Hall–Kier alpha value is -1.44. The molecule has 1 saturated heterocycles. The maximum Gasteiger partial charge on any atom is 0.335 e. The van der Waals surface area contributed by atoms with Crippen LogP contribution in [0.5, 0.6) is 0 Å². The molecule has 20 heavy (non-hydrogen) atoms. The highest BCUT2D eigenvalue weighted by atomic mass is 32.2. The van der Waals surface area contributed by atoms with Gasteiger partial charge in [-0.1, -0.05) is 12.1 Å². The van der Waals surface area contributed by atoms with E-state index in [1.54, 1.807) is 12.1 Å². The topological polar surface area (TPSA) is 83.9 Å². The van der Waals surface area contributed by atoms with E-state index in [2.05, 4.69) is 0 Å². The van der Waals surface area contributed by atoms with Gasteiger partial charge in [0.2, 0.25) is 10.0 Å². The molecule has 6 nitrogen and oxygen atoms in total. The Kier molecular flexibility index (Phi) is 4.42. The molecule has 1 fully saturated rings. The van der Waals surface area contributed by atoms with Crippen LogP contribution in [0.2, 0.25) is 0 Å². The highest BCUT2D eigenvalue weighted by Crippen LogP contribution is 2.17. The third-order valence-corrected chi connectivity index (χ3v) is 4.53. The lowest BCUT2D eigenvalue weighted by molar-refractivity contribution is 0.0508. The molecule has 1 aliphatic heterocycles. The van der Waals surface area contributed by atoms with Gasteiger partial charge in [0, 0.05) is 13.1 Å². The van der Waals surface area contributed by atoms with Crippen LogP contribution in [-0.2, 0) is 21.4 Å². The second kappa shape index (κ2) is 5.90. The minimum atomic E-state index is -3.15. The molecule has 0 amide bonds. The van der Waals surface area contributed by atoms with Gasteiger partial charge in [-0.25, -0.2) is 13.2 Å². The maximum absolute atomic E-state index is 11.4. The van der Waals surface area contributed by atoms with E-state index in [-0.39, 0.29) is 11.7 Å². The molecule has 1 heterocycles.